The number of ether oxygens (including phenoxy) is 2. The number of carbonyl (C=O) groups is 2. The molecule has 9 heteroatoms. The van der Waals surface area contributed by atoms with E-state index in [4.69, 9.17) is 21.1 Å². The van der Waals surface area contributed by atoms with E-state index in [9.17, 15) is 9.59 Å². The minimum Gasteiger partial charge on any atom is -0.485 e. The van der Waals surface area contributed by atoms with Crippen molar-refractivity contribution in [2.24, 2.45) is 0 Å². The fourth-order valence-electron chi connectivity index (χ4n) is 3.70. The lowest BCUT2D eigenvalue weighted by Gasteiger charge is -2.36. The van der Waals surface area contributed by atoms with Crippen molar-refractivity contribution < 1.29 is 19.1 Å². The number of hydrogen-bond acceptors (Lipinski definition) is 5. The van der Waals surface area contributed by atoms with Crippen LogP contribution in [0.15, 0.2) is 48.8 Å². The number of amides is 2. The van der Waals surface area contributed by atoms with Gasteiger partial charge in [0.1, 0.15) is 17.9 Å². The number of nitrogens with zero attached hydrogens (tertiary/aromatic N) is 4. The second-order valence-electron chi connectivity index (χ2n) is 7.22. The molecule has 30 heavy (non-hydrogen) atoms. The highest BCUT2D eigenvalue weighted by Gasteiger charge is 2.33. The molecule has 0 saturated carbocycles. The Balaban J connectivity index is 1.21. The molecule has 1 atom stereocenters. The zero-order valence-corrected chi connectivity index (χ0v) is 16.8. The van der Waals surface area contributed by atoms with E-state index in [0.717, 1.165) is 0 Å². The van der Waals surface area contributed by atoms with Crippen LogP contribution in [0.1, 0.15) is 10.5 Å². The molecule has 154 valence electrons. The molecule has 2 aliphatic heterocycles. The number of benzene rings is 1. The summed E-state index contributed by atoms with van der Waals surface area (Å²) < 4.78 is 13.2. The van der Waals surface area contributed by atoms with E-state index in [2.05, 4.69) is 4.98 Å². The average molecular weight is 427 g/mol. The molecule has 8 nitrogen and oxygen atoms in total. The lowest BCUT2D eigenvalue weighted by atomic mass is 10.2. The Morgan fingerprint density at radius 3 is 2.57 bits per heavy atom. The molecule has 4 heterocycles. The Kier molecular flexibility index (Phi) is 4.71. The first-order chi connectivity index (χ1) is 14.6. The molecule has 2 amide bonds. The molecule has 0 N–H and O–H groups in total. The smallest absolute Gasteiger partial charge is 0.274 e. The van der Waals surface area contributed by atoms with Crippen LogP contribution in [0.3, 0.4) is 0 Å². The van der Waals surface area contributed by atoms with Crippen LogP contribution in [0, 0.1) is 0 Å². The third-order valence-electron chi connectivity index (χ3n) is 5.30. The van der Waals surface area contributed by atoms with Gasteiger partial charge in [0.05, 0.1) is 0 Å². The predicted molar refractivity (Wildman–Crippen MR) is 109 cm³/mol. The molecule has 0 bridgehead atoms. The summed E-state index contributed by atoms with van der Waals surface area (Å²) in [6.45, 7) is 1.92. The zero-order valence-electron chi connectivity index (χ0n) is 16.0. The molecule has 0 spiro atoms. The lowest BCUT2D eigenvalue weighted by molar-refractivity contribution is -0.142. The van der Waals surface area contributed by atoms with E-state index in [-0.39, 0.29) is 18.4 Å². The minimum atomic E-state index is -0.676. The first kappa shape index (κ1) is 18.7. The first-order valence-corrected chi connectivity index (χ1v) is 10.1. The number of imidazole rings is 1. The highest BCUT2D eigenvalue weighted by atomic mass is 35.5. The van der Waals surface area contributed by atoms with Gasteiger partial charge in [0.25, 0.3) is 11.8 Å². The summed E-state index contributed by atoms with van der Waals surface area (Å²) in [5.41, 5.74) is 0.979. The van der Waals surface area contributed by atoms with Gasteiger partial charge in [-0.2, -0.15) is 0 Å². The largest absolute Gasteiger partial charge is 0.485 e. The SMILES string of the molecule is O=C(c1cn2ccc(Cl)cc2n1)N1CCN(C(=O)[C@@H]2COc3ccccc3O2)CC1. The van der Waals surface area contributed by atoms with E-state index >= 15 is 0 Å². The normalized spacial score (nSPS) is 18.5. The molecule has 0 radical (unpaired) electrons. The van der Waals surface area contributed by atoms with E-state index in [0.29, 0.717) is 54.0 Å². The number of carbonyl (C=O) groups excluding carboxylic acids is 2. The van der Waals surface area contributed by atoms with Crippen LogP contribution in [-0.2, 0) is 4.79 Å². The number of hydrogen-bond donors (Lipinski definition) is 0. The molecular weight excluding hydrogens is 408 g/mol. The molecule has 5 rings (SSSR count). The Labute approximate surface area is 177 Å². The number of halogens is 1. The van der Waals surface area contributed by atoms with Gasteiger partial charge >= 0.3 is 0 Å². The number of rotatable bonds is 2. The van der Waals surface area contributed by atoms with Gasteiger partial charge in [0.15, 0.2) is 11.5 Å². The van der Waals surface area contributed by atoms with E-state index in [1.54, 1.807) is 44.8 Å². The monoisotopic (exact) mass is 426 g/mol. The quantitative estimate of drug-likeness (QED) is 0.627. The second-order valence-corrected chi connectivity index (χ2v) is 7.65. The fourth-order valence-corrected chi connectivity index (χ4v) is 3.85. The standard InChI is InChI=1S/C21H19ClN4O4/c22-14-5-6-26-12-15(23-19(26)11-14)20(27)24-7-9-25(10-8-24)21(28)18-13-29-16-3-1-2-4-17(16)30-18/h1-6,11-12,18H,7-10,13H2/t18-/m0/s1. The summed E-state index contributed by atoms with van der Waals surface area (Å²) in [7, 11) is 0. The number of para-hydroxylation sites is 2. The van der Waals surface area contributed by atoms with Crippen LogP contribution >= 0.6 is 11.6 Å². The van der Waals surface area contributed by atoms with Crippen molar-refractivity contribution in [1.82, 2.24) is 19.2 Å². The van der Waals surface area contributed by atoms with Gasteiger partial charge < -0.3 is 23.7 Å². The summed E-state index contributed by atoms with van der Waals surface area (Å²) in [6, 6.07) is 10.7. The molecule has 2 aliphatic rings. The van der Waals surface area contributed by atoms with Gasteiger partial charge in [0, 0.05) is 49.7 Å². The Bertz CT molecular complexity index is 1120. The van der Waals surface area contributed by atoms with Crippen molar-refractivity contribution >= 4 is 29.1 Å². The summed E-state index contributed by atoms with van der Waals surface area (Å²) in [5, 5.41) is 0.566. The van der Waals surface area contributed by atoms with E-state index in [1.807, 2.05) is 18.2 Å². The van der Waals surface area contributed by atoms with Crippen LogP contribution < -0.4 is 9.47 Å². The maximum Gasteiger partial charge on any atom is 0.274 e. The van der Waals surface area contributed by atoms with Crippen molar-refractivity contribution in [3.8, 4) is 11.5 Å². The van der Waals surface area contributed by atoms with Gasteiger partial charge in [-0.3, -0.25) is 9.59 Å². The third kappa shape index (κ3) is 3.43. The Morgan fingerprint density at radius 2 is 1.77 bits per heavy atom. The molecule has 1 saturated heterocycles. The highest BCUT2D eigenvalue weighted by molar-refractivity contribution is 6.30. The second kappa shape index (κ2) is 7.53. The van der Waals surface area contributed by atoms with Crippen LogP contribution in [0.5, 0.6) is 11.5 Å². The number of aromatic nitrogens is 2. The van der Waals surface area contributed by atoms with E-state index in [1.165, 1.54) is 0 Å². The maximum absolute atomic E-state index is 12.8. The van der Waals surface area contributed by atoms with Crippen molar-refractivity contribution in [1.29, 1.82) is 0 Å². The number of piperazine rings is 1. The van der Waals surface area contributed by atoms with Crippen molar-refractivity contribution in [3.63, 3.8) is 0 Å². The van der Waals surface area contributed by atoms with Gasteiger partial charge in [0.2, 0.25) is 6.10 Å². The van der Waals surface area contributed by atoms with Crippen molar-refractivity contribution in [2.45, 2.75) is 6.10 Å². The van der Waals surface area contributed by atoms with Gasteiger partial charge in [-0.15, -0.1) is 0 Å². The molecule has 0 unspecified atom stereocenters. The molecular formula is C21H19ClN4O4. The average Bonchev–Trinajstić information content (AvgIpc) is 3.21. The maximum atomic E-state index is 12.8. The topological polar surface area (TPSA) is 76.4 Å². The molecule has 1 aromatic carbocycles. The first-order valence-electron chi connectivity index (χ1n) is 9.69. The van der Waals surface area contributed by atoms with Gasteiger partial charge in [-0.25, -0.2) is 4.98 Å². The number of pyridine rings is 1. The number of fused-ring (bicyclic) bond motifs is 2. The Morgan fingerprint density at radius 1 is 1.03 bits per heavy atom. The molecule has 3 aromatic rings. The molecule has 0 aliphatic carbocycles. The van der Waals surface area contributed by atoms with Crippen molar-refractivity contribution in [2.75, 3.05) is 32.8 Å². The van der Waals surface area contributed by atoms with Gasteiger partial charge in [-0.1, -0.05) is 23.7 Å². The van der Waals surface area contributed by atoms with Crippen LogP contribution in [0.4, 0.5) is 0 Å². The van der Waals surface area contributed by atoms with E-state index < -0.39 is 6.10 Å². The summed E-state index contributed by atoms with van der Waals surface area (Å²) >= 11 is 5.99. The lowest BCUT2D eigenvalue weighted by Crippen LogP contribution is -2.55. The zero-order chi connectivity index (χ0) is 20.7. The summed E-state index contributed by atoms with van der Waals surface area (Å²) in [5.74, 6) is 0.931. The van der Waals surface area contributed by atoms with Crippen LogP contribution in [0.25, 0.3) is 5.65 Å². The Hall–Kier alpha value is -3.26. The summed E-state index contributed by atoms with van der Waals surface area (Å²) in [6.07, 6.45) is 2.78. The summed E-state index contributed by atoms with van der Waals surface area (Å²) in [4.78, 5) is 33.5. The third-order valence-corrected chi connectivity index (χ3v) is 5.54. The fraction of sp³-hybridized carbons (Fsp3) is 0.286. The molecule has 2 aromatic heterocycles. The van der Waals surface area contributed by atoms with Crippen LogP contribution in [0.2, 0.25) is 5.02 Å². The molecule has 1 fully saturated rings. The van der Waals surface area contributed by atoms with Gasteiger partial charge in [-0.05, 0) is 18.2 Å². The van der Waals surface area contributed by atoms with Crippen molar-refractivity contribution in [3.05, 3.63) is 59.5 Å². The predicted octanol–water partition coefficient (Wildman–Crippen LogP) is 2.11. The highest BCUT2D eigenvalue weighted by Crippen LogP contribution is 2.31. The minimum absolute atomic E-state index is 0.126. The van der Waals surface area contributed by atoms with Crippen LogP contribution in [-0.4, -0.2) is 69.9 Å².